The lowest BCUT2D eigenvalue weighted by Crippen LogP contribution is -2.41. The maximum absolute atomic E-state index is 3.69. The van der Waals surface area contributed by atoms with E-state index in [4.69, 9.17) is 0 Å². The fourth-order valence-electron chi connectivity index (χ4n) is 3.88. The number of alkyl halides is 1. The van der Waals surface area contributed by atoms with Crippen LogP contribution in [0.4, 0.5) is 5.69 Å². The van der Waals surface area contributed by atoms with Crippen molar-refractivity contribution >= 4 is 37.5 Å². The molecule has 1 saturated carbocycles. The van der Waals surface area contributed by atoms with E-state index in [0.29, 0.717) is 5.41 Å². The second-order valence-corrected chi connectivity index (χ2v) is 7.87. The average molecular weight is 401 g/mol. The highest BCUT2D eigenvalue weighted by Crippen LogP contribution is 2.45. The van der Waals surface area contributed by atoms with Crippen LogP contribution in [-0.2, 0) is 5.33 Å². The zero-order valence-electron chi connectivity index (χ0n) is 12.0. The summed E-state index contributed by atoms with van der Waals surface area (Å²) in [7, 11) is 0. The van der Waals surface area contributed by atoms with Gasteiger partial charge in [0.2, 0.25) is 0 Å². The zero-order chi connectivity index (χ0) is 14.0. The molecule has 1 saturated heterocycles. The molecule has 0 bridgehead atoms. The monoisotopic (exact) mass is 399 g/mol. The zero-order valence-corrected chi connectivity index (χ0v) is 15.2. The molecule has 2 aliphatic rings. The molecule has 1 aliphatic heterocycles. The first kappa shape index (κ1) is 14.9. The molecular weight excluding hydrogens is 378 g/mol. The minimum atomic E-state index is 0.696. The molecule has 1 aliphatic carbocycles. The highest BCUT2D eigenvalue weighted by atomic mass is 79.9. The SMILES string of the molecule is BrCc1ccc(N2CCC3(CCCCC3)CC2)cc1Br. The summed E-state index contributed by atoms with van der Waals surface area (Å²) in [4.78, 5) is 2.57. The van der Waals surface area contributed by atoms with E-state index < -0.39 is 0 Å². The average Bonchev–Trinajstić information content (AvgIpc) is 2.49. The van der Waals surface area contributed by atoms with E-state index in [-0.39, 0.29) is 0 Å². The van der Waals surface area contributed by atoms with Crippen LogP contribution >= 0.6 is 31.9 Å². The molecule has 3 heteroatoms. The summed E-state index contributed by atoms with van der Waals surface area (Å²) >= 11 is 7.22. The van der Waals surface area contributed by atoms with Gasteiger partial charge in [-0.15, -0.1) is 0 Å². The van der Waals surface area contributed by atoms with Gasteiger partial charge in [-0.05, 0) is 48.8 Å². The van der Waals surface area contributed by atoms with Crippen LogP contribution in [0, 0.1) is 5.41 Å². The molecule has 0 N–H and O–H groups in total. The Bertz CT molecular complexity index is 456. The Kier molecular flexibility index (Phi) is 4.76. The van der Waals surface area contributed by atoms with E-state index in [0.717, 1.165) is 5.33 Å². The van der Waals surface area contributed by atoms with Gasteiger partial charge in [-0.1, -0.05) is 57.2 Å². The Hall–Kier alpha value is -0.0200. The lowest BCUT2D eigenvalue weighted by atomic mass is 9.68. The Labute approximate surface area is 139 Å². The maximum atomic E-state index is 3.69. The van der Waals surface area contributed by atoms with Crippen molar-refractivity contribution in [2.45, 2.75) is 50.3 Å². The van der Waals surface area contributed by atoms with Gasteiger partial charge in [-0.2, -0.15) is 0 Å². The van der Waals surface area contributed by atoms with Crippen molar-refractivity contribution in [2.75, 3.05) is 18.0 Å². The minimum absolute atomic E-state index is 0.696. The quantitative estimate of drug-likeness (QED) is 0.559. The maximum Gasteiger partial charge on any atom is 0.0377 e. The molecule has 0 radical (unpaired) electrons. The molecule has 0 unspecified atom stereocenters. The van der Waals surface area contributed by atoms with Crippen molar-refractivity contribution in [2.24, 2.45) is 5.41 Å². The van der Waals surface area contributed by atoms with Gasteiger partial charge in [-0.25, -0.2) is 0 Å². The molecule has 0 atom stereocenters. The normalized spacial score (nSPS) is 22.2. The molecule has 3 rings (SSSR count). The summed E-state index contributed by atoms with van der Waals surface area (Å²) < 4.78 is 1.23. The predicted molar refractivity (Wildman–Crippen MR) is 93.7 cm³/mol. The van der Waals surface area contributed by atoms with Gasteiger partial charge in [0.05, 0.1) is 0 Å². The van der Waals surface area contributed by atoms with Crippen LogP contribution in [0.15, 0.2) is 22.7 Å². The second kappa shape index (κ2) is 6.39. The fourth-order valence-corrected chi connectivity index (χ4v) is 5.25. The summed E-state index contributed by atoms with van der Waals surface area (Å²) in [6.45, 7) is 2.47. The largest absolute Gasteiger partial charge is 0.371 e. The first-order valence-electron chi connectivity index (χ1n) is 7.82. The van der Waals surface area contributed by atoms with Gasteiger partial charge in [0.15, 0.2) is 0 Å². The van der Waals surface area contributed by atoms with Crippen LogP contribution in [-0.4, -0.2) is 13.1 Å². The predicted octanol–water partition coefficient (Wildman–Crippen LogP) is 5.89. The number of halogens is 2. The third-order valence-corrected chi connectivity index (χ3v) is 6.63. The number of hydrogen-bond acceptors (Lipinski definition) is 1. The van der Waals surface area contributed by atoms with Gasteiger partial charge in [0.1, 0.15) is 0 Å². The van der Waals surface area contributed by atoms with E-state index in [2.05, 4.69) is 55.0 Å². The Morgan fingerprint density at radius 3 is 2.30 bits per heavy atom. The van der Waals surface area contributed by atoms with Crippen molar-refractivity contribution in [1.29, 1.82) is 0 Å². The Balaban J connectivity index is 1.67. The van der Waals surface area contributed by atoms with E-state index in [1.165, 1.54) is 73.8 Å². The van der Waals surface area contributed by atoms with Crippen LogP contribution in [0.1, 0.15) is 50.5 Å². The lowest BCUT2D eigenvalue weighted by Gasteiger charge is -2.45. The number of hydrogen-bond donors (Lipinski definition) is 0. The molecule has 1 nitrogen and oxygen atoms in total. The van der Waals surface area contributed by atoms with E-state index in [9.17, 15) is 0 Å². The summed E-state index contributed by atoms with van der Waals surface area (Å²) in [5.41, 5.74) is 3.41. The molecular formula is C17H23Br2N. The van der Waals surface area contributed by atoms with Crippen molar-refractivity contribution in [3.8, 4) is 0 Å². The van der Waals surface area contributed by atoms with E-state index in [1.54, 1.807) is 0 Å². The molecule has 20 heavy (non-hydrogen) atoms. The molecule has 0 aromatic heterocycles. The standard InChI is InChI=1S/C17H23Br2N/c18-13-14-4-5-15(12-16(14)19)20-10-8-17(9-11-20)6-2-1-3-7-17/h4-5,12H,1-3,6-11,13H2. The second-order valence-electron chi connectivity index (χ2n) is 6.46. The molecule has 2 fully saturated rings. The minimum Gasteiger partial charge on any atom is -0.371 e. The third-order valence-electron chi connectivity index (χ3n) is 5.28. The number of benzene rings is 1. The first-order valence-corrected chi connectivity index (χ1v) is 9.73. The van der Waals surface area contributed by atoms with Gasteiger partial charge < -0.3 is 4.90 Å². The van der Waals surface area contributed by atoms with Crippen LogP contribution in [0.3, 0.4) is 0 Å². The number of anilines is 1. The summed E-state index contributed by atoms with van der Waals surface area (Å²) in [5.74, 6) is 0. The smallest absolute Gasteiger partial charge is 0.0377 e. The molecule has 110 valence electrons. The first-order chi connectivity index (χ1) is 9.72. The number of rotatable bonds is 2. The van der Waals surface area contributed by atoms with Crippen LogP contribution in [0.5, 0.6) is 0 Å². The molecule has 1 spiro atoms. The van der Waals surface area contributed by atoms with Gasteiger partial charge in [0, 0.05) is 28.6 Å². The Morgan fingerprint density at radius 2 is 1.70 bits per heavy atom. The molecule has 1 aromatic rings. The number of piperidine rings is 1. The van der Waals surface area contributed by atoms with Crippen LogP contribution in [0.25, 0.3) is 0 Å². The molecule has 0 amide bonds. The summed E-state index contributed by atoms with van der Waals surface area (Å²) in [5, 5.41) is 0.914. The Morgan fingerprint density at radius 1 is 1.00 bits per heavy atom. The van der Waals surface area contributed by atoms with E-state index >= 15 is 0 Å². The highest BCUT2D eigenvalue weighted by Gasteiger charge is 2.35. The highest BCUT2D eigenvalue weighted by molar-refractivity contribution is 9.10. The van der Waals surface area contributed by atoms with Crippen LogP contribution in [0.2, 0.25) is 0 Å². The van der Waals surface area contributed by atoms with Crippen molar-refractivity contribution in [3.63, 3.8) is 0 Å². The molecule has 1 aromatic carbocycles. The third kappa shape index (κ3) is 3.09. The summed E-state index contributed by atoms with van der Waals surface area (Å²) in [6.07, 6.45) is 10.1. The van der Waals surface area contributed by atoms with Gasteiger partial charge >= 0.3 is 0 Å². The van der Waals surface area contributed by atoms with Gasteiger partial charge in [0.25, 0.3) is 0 Å². The summed E-state index contributed by atoms with van der Waals surface area (Å²) in [6, 6.07) is 6.80. The van der Waals surface area contributed by atoms with Crippen LogP contribution < -0.4 is 4.90 Å². The number of nitrogens with zero attached hydrogens (tertiary/aromatic N) is 1. The van der Waals surface area contributed by atoms with Crippen molar-refractivity contribution < 1.29 is 0 Å². The van der Waals surface area contributed by atoms with E-state index in [1.807, 2.05) is 0 Å². The lowest BCUT2D eigenvalue weighted by molar-refractivity contribution is 0.144. The van der Waals surface area contributed by atoms with Crippen molar-refractivity contribution in [1.82, 2.24) is 0 Å². The van der Waals surface area contributed by atoms with Gasteiger partial charge in [-0.3, -0.25) is 0 Å². The topological polar surface area (TPSA) is 3.24 Å². The fraction of sp³-hybridized carbons (Fsp3) is 0.647. The molecule has 1 heterocycles. The van der Waals surface area contributed by atoms with Crippen molar-refractivity contribution in [3.05, 3.63) is 28.2 Å².